The molecule has 1 heterocycles. The lowest BCUT2D eigenvalue weighted by molar-refractivity contribution is -0.114. The fourth-order valence-electron chi connectivity index (χ4n) is 3.08. The van der Waals surface area contributed by atoms with E-state index in [-0.39, 0.29) is 30.0 Å². The van der Waals surface area contributed by atoms with E-state index in [4.69, 9.17) is 4.74 Å². The van der Waals surface area contributed by atoms with Crippen molar-refractivity contribution in [1.82, 2.24) is 10.0 Å². The number of amides is 1. The number of sulfonamides is 1. The zero-order chi connectivity index (χ0) is 20.9. The molecule has 3 unspecified atom stereocenters. The molecular formula is C20H25N3O5S. The summed E-state index contributed by atoms with van der Waals surface area (Å²) in [6.45, 7) is 2.23. The molecule has 2 aromatic rings. The van der Waals surface area contributed by atoms with Gasteiger partial charge >= 0.3 is 0 Å². The van der Waals surface area contributed by atoms with Crippen molar-refractivity contribution >= 4 is 21.6 Å². The van der Waals surface area contributed by atoms with Gasteiger partial charge in [-0.05, 0) is 29.8 Å². The summed E-state index contributed by atoms with van der Waals surface area (Å²) in [7, 11) is -3.65. The molecule has 0 radical (unpaired) electrons. The molecule has 4 N–H and O–H groups in total. The second-order valence-electron chi connectivity index (χ2n) is 6.89. The van der Waals surface area contributed by atoms with Gasteiger partial charge in [0.15, 0.2) is 0 Å². The molecule has 3 atom stereocenters. The highest BCUT2D eigenvalue weighted by Crippen LogP contribution is 2.16. The van der Waals surface area contributed by atoms with E-state index in [0.717, 1.165) is 11.3 Å². The summed E-state index contributed by atoms with van der Waals surface area (Å²) in [6, 6.07) is 15.1. The Hall–Kier alpha value is -2.30. The first-order chi connectivity index (χ1) is 13.8. The Bertz CT molecular complexity index is 919. The number of carbonyl (C=O) groups excluding carboxylic acids is 1. The molecule has 1 aliphatic heterocycles. The van der Waals surface area contributed by atoms with Crippen LogP contribution in [0.5, 0.6) is 0 Å². The second kappa shape index (κ2) is 9.47. The van der Waals surface area contributed by atoms with Crippen LogP contribution >= 0.6 is 0 Å². The average molecular weight is 420 g/mol. The maximum absolute atomic E-state index is 12.3. The summed E-state index contributed by atoms with van der Waals surface area (Å²) in [4.78, 5) is 11.2. The maximum Gasteiger partial charge on any atom is 0.240 e. The summed E-state index contributed by atoms with van der Waals surface area (Å²) in [5.74, 6) is -0.129. The number of rotatable bonds is 8. The quantitative estimate of drug-likeness (QED) is 0.504. The van der Waals surface area contributed by atoms with E-state index >= 15 is 0 Å². The fraction of sp³-hybridized carbons (Fsp3) is 0.350. The molecule has 9 heteroatoms. The van der Waals surface area contributed by atoms with Crippen molar-refractivity contribution < 1.29 is 23.1 Å². The van der Waals surface area contributed by atoms with Crippen molar-refractivity contribution in [3.05, 3.63) is 60.2 Å². The van der Waals surface area contributed by atoms with Gasteiger partial charge < -0.3 is 20.5 Å². The van der Waals surface area contributed by atoms with Crippen molar-refractivity contribution in [2.24, 2.45) is 0 Å². The molecule has 1 amide bonds. The van der Waals surface area contributed by atoms with E-state index in [1.807, 2.05) is 12.1 Å². The number of benzene rings is 2. The Kier molecular flexibility index (Phi) is 6.99. The summed E-state index contributed by atoms with van der Waals surface area (Å²) in [6.07, 6.45) is -1.47. The van der Waals surface area contributed by atoms with Gasteiger partial charge in [0, 0.05) is 25.7 Å². The third kappa shape index (κ3) is 5.84. The van der Waals surface area contributed by atoms with Crippen molar-refractivity contribution in [3.8, 4) is 0 Å². The average Bonchev–Trinajstić information content (AvgIpc) is 3.06. The highest BCUT2D eigenvalue weighted by molar-refractivity contribution is 7.89. The summed E-state index contributed by atoms with van der Waals surface area (Å²) in [5, 5.41) is 16.4. The van der Waals surface area contributed by atoms with E-state index in [1.54, 1.807) is 30.3 Å². The number of anilines is 1. The Morgan fingerprint density at radius 3 is 2.48 bits per heavy atom. The molecule has 1 fully saturated rings. The van der Waals surface area contributed by atoms with E-state index in [2.05, 4.69) is 15.4 Å². The third-order valence-corrected chi connectivity index (χ3v) is 6.09. The molecular weight excluding hydrogens is 394 g/mol. The number of aliphatic hydroxyl groups excluding tert-OH is 1. The molecule has 1 aliphatic rings. The van der Waals surface area contributed by atoms with Gasteiger partial charge in [-0.25, -0.2) is 13.1 Å². The lowest BCUT2D eigenvalue weighted by Gasteiger charge is -2.19. The Labute approximate surface area is 170 Å². The zero-order valence-electron chi connectivity index (χ0n) is 16.0. The van der Waals surface area contributed by atoms with Gasteiger partial charge in [0.2, 0.25) is 15.9 Å². The summed E-state index contributed by atoms with van der Waals surface area (Å²) in [5.41, 5.74) is 1.70. The predicted molar refractivity (Wildman–Crippen MR) is 109 cm³/mol. The van der Waals surface area contributed by atoms with Gasteiger partial charge in [-0.2, -0.15) is 0 Å². The van der Waals surface area contributed by atoms with Gasteiger partial charge in [0.1, 0.15) is 0 Å². The van der Waals surface area contributed by atoms with Crippen LogP contribution in [0.25, 0.3) is 0 Å². The molecule has 29 heavy (non-hydrogen) atoms. The molecule has 3 rings (SSSR count). The van der Waals surface area contributed by atoms with E-state index < -0.39 is 22.2 Å². The topological polar surface area (TPSA) is 117 Å². The molecule has 0 saturated carbocycles. The molecule has 156 valence electrons. The molecule has 0 aliphatic carbocycles. The van der Waals surface area contributed by atoms with E-state index in [1.165, 1.54) is 19.1 Å². The number of carbonyl (C=O) groups is 1. The van der Waals surface area contributed by atoms with Crippen molar-refractivity contribution in [1.29, 1.82) is 0 Å². The predicted octanol–water partition coefficient (Wildman–Crippen LogP) is 0.841. The first-order valence-corrected chi connectivity index (χ1v) is 10.8. The molecule has 1 saturated heterocycles. The number of ether oxygens (including phenoxy) is 1. The fourth-order valence-corrected chi connectivity index (χ4v) is 4.14. The van der Waals surface area contributed by atoms with Crippen molar-refractivity contribution in [2.45, 2.75) is 36.6 Å². The van der Waals surface area contributed by atoms with Crippen LogP contribution < -0.4 is 15.4 Å². The SMILES string of the molecule is CC(=O)Nc1ccc(CNC2COC(CNS(=O)(=O)c3ccccc3)C2O)cc1. The lowest BCUT2D eigenvalue weighted by atomic mass is 10.1. The van der Waals surface area contributed by atoms with Crippen LogP contribution in [0.3, 0.4) is 0 Å². The molecule has 2 aromatic carbocycles. The monoisotopic (exact) mass is 419 g/mol. The number of hydrogen-bond donors (Lipinski definition) is 4. The van der Waals surface area contributed by atoms with E-state index in [9.17, 15) is 18.3 Å². The normalized spacial score (nSPS) is 21.8. The van der Waals surface area contributed by atoms with Crippen molar-refractivity contribution in [2.75, 3.05) is 18.5 Å². The zero-order valence-corrected chi connectivity index (χ0v) is 16.9. The van der Waals surface area contributed by atoms with Gasteiger partial charge in [-0.15, -0.1) is 0 Å². The molecule has 0 aromatic heterocycles. The number of aliphatic hydroxyl groups is 1. The van der Waals surface area contributed by atoms with Crippen LogP contribution in [0.15, 0.2) is 59.5 Å². The number of nitrogens with one attached hydrogen (secondary N) is 3. The van der Waals surface area contributed by atoms with Gasteiger partial charge in [0.05, 0.1) is 29.8 Å². The Balaban J connectivity index is 1.48. The third-order valence-electron chi connectivity index (χ3n) is 4.65. The minimum Gasteiger partial charge on any atom is -0.389 e. The first-order valence-electron chi connectivity index (χ1n) is 9.29. The van der Waals surface area contributed by atoms with Crippen LogP contribution in [0, 0.1) is 0 Å². The Morgan fingerprint density at radius 2 is 1.83 bits per heavy atom. The van der Waals surface area contributed by atoms with E-state index in [0.29, 0.717) is 6.54 Å². The molecule has 8 nitrogen and oxygen atoms in total. The lowest BCUT2D eigenvalue weighted by Crippen LogP contribution is -2.44. The van der Waals surface area contributed by atoms with Gasteiger partial charge in [0.25, 0.3) is 0 Å². The van der Waals surface area contributed by atoms with Crippen LogP contribution in [0.4, 0.5) is 5.69 Å². The standard InChI is InChI=1S/C20H25N3O5S/c1-14(24)23-16-9-7-15(8-10-16)11-21-18-13-28-19(20(18)25)12-22-29(26,27)17-5-3-2-4-6-17/h2-10,18-22,25H,11-13H2,1H3,(H,23,24). The summed E-state index contributed by atoms with van der Waals surface area (Å²) >= 11 is 0. The van der Waals surface area contributed by atoms with Gasteiger partial charge in [-0.3, -0.25) is 4.79 Å². The van der Waals surface area contributed by atoms with Crippen molar-refractivity contribution in [3.63, 3.8) is 0 Å². The summed E-state index contributed by atoms with van der Waals surface area (Å²) < 4.78 is 32.6. The van der Waals surface area contributed by atoms with Crippen LogP contribution in [0.1, 0.15) is 12.5 Å². The van der Waals surface area contributed by atoms with Gasteiger partial charge in [-0.1, -0.05) is 30.3 Å². The molecule has 0 spiro atoms. The van der Waals surface area contributed by atoms with Crippen LogP contribution in [-0.2, 0) is 26.1 Å². The minimum atomic E-state index is -3.65. The first kappa shape index (κ1) is 21.4. The number of hydrogen-bond acceptors (Lipinski definition) is 6. The highest BCUT2D eigenvalue weighted by atomic mass is 32.2. The molecule has 0 bridgehead atoms. The highest BCUT2D eigenvalue weighted by Gasteiger charge is 2.36. The largest absolute Gasteiger partial charge is 0.389 e. The maximum atomic E-state index is 12.3. The smallest absolute Gasteiger partial charge is 0.240 e. The Morgan fingerprint density at radius 1 is 1.14 bits per heavy atom. The second-order valence-corrected chi connectivity index (χ2v) is 8.66. The van der Waals surface area contributed by atoms with Crippen LogP contribution in [0.2, 0.25) is 0 Å². The minimum absolute atomic E-state index is 0.0119. The van der Waals surface area contributed by atoms with Crippen LogP contribution in [-0.4, -0.2) is 50.8 Å².